The Hall–Kier alpha value is -1.16. The molecule has 0 aromatic heterocycles. The van der Waals surface area contributed by atoms with E-state index in [-0.39, 0.29) is 47.7 Å². The van der Waals surface area contributed by atoms with Gasteiger partial charge >= 0.3 is 0 Å². The van der Waals surface area contributed by atoms with Crippen molar-refractivity contribution < 1.29 is 21.6 Å². The molecule has 1 amide bonds. The van der Waals surface area contributed by atoms with E-state index in [1.807, 2.05) is 0 Å². The predicted octanol–water partition coefficient (Wildman–Crippen LogP) is 0.998. The molecule has 0 spiro atoms. The molecule has 1 aromatic rings. The van der Waals surface area contributed by atoms with Gasteiger partial charge in [-0.2, -0.15) is 4.31 Å². The molecule has 2 aliphatic rings. The summed E-state index contributed by atoms with van der Waals surface area (Å²) in [7, 11) is -6.61. The van der Waals surface area contributed by atoms with Crippen LogP contribution in [0.25, 0.3) is 0 Å². The van der Waals surface area contributed by atoms with E-state index in [4.69, 9.17) is 11.6 Å². The second kappa shape index (κ2) is 7.46. The summed E-state index contributed by atoms with van der Waals surface area (Å²) < 4.78 is 49.6. The summed E-state index contributed by atoms with van der Waals surface area (Å²) in [6.07, 6.45) is 0.738. The van der Waals surface area contributed by atoms with Crippen molar-refractivity contribution in [3.8, 4) is 0 Å². The third kappa shape index (κ3) is 4.39. The number of amides is 1. The zero-order chi connectivity index (χ0) is 18.9. The van der Waals surface area contributed by atoms with Crippen molar-refractivity contribution in [1.82, 2.24) is 9.21 Å². The number of benzene rings is 1. The fourth-order valence-corrected chi connectivity index (χ4v) is 6.75. The minimum atomic E-state index is -3.61. The molecule has 2 heterocycles. The first-order valence-electron chi connectivity index (χ1n) is 8.41. The number of carbonyl (C=O) groups excluding carboxylic acids is 1. The van der Waals surface area contributed by atoms with Gasteiger partial charge in [-0.05, 0) is 36.6 Å². The molecule has 7 nitrogen and oxygen atoms in total. The van der Waals surface area contributed by atoms with Gasteiger partial charge in [0.05, 0.1) is 16.4 Å². The maximum atomic E-state index is 12.6. The van der Waals surface area contributed by atoms with Gasteiger partial charge in [-0.25, -0.2) is 16.8 Å². The Morgan fingerprint density at radius 2 is 1.73 bits per heavy atom. The normalized spacial score (nSPS) is 23.9. The number of piperazine rings is 1. The molecule has 26 heavy (non-hydrogen) atoms. The van der Waals surface area contributed by atoms with Crippen molar-refractivity contribution in [3.05, 3.63) is 29.3 Å². The van der Waals surface area contributed by atoms with Gasteiger partial charge in [-0.1, -0.05) is 11.6 Å². The van der Waals surface area contributed by atoms with E-state index in [2.05, 4.69) is 0 Å². The summed E-state index contributed by atoms with van der Waals surface area (Å²) >= 11 is 5.80. The highest BCUT2D eigenvalue weighted by Gasteiger charge is 2.33. The first-order valence-corrected chi connectivity index (χ1v) is 12.1. The summed E-state index contributed by atoms with van der Waals surface area (Å²) in [5.41, 5.74) is 0. The molecular weight excluding hydrogens is 400 g/mol. The maximum Gasteiger partial charge on any atom is 0.243 e. The van der Waals surface area contributed by atoms with Crippen LogP contribution >= 0.6 is 11.6 Å². The van der Waals surface area contributed by atoms with Crippen molar-refractivity contribution in [3.63, 3.8) is 0 Å². The molecule has 1 atom stereocenters. The molecule has 0 aliphatic carbocycles. The lowest BCUT2D eigenvalue weighted by atomic mass is 10.0. The third-order valence-corrected chi connectivity index (χ3v) is 8.83. The zero-order valence-electron chi connectivity index (χ0n) is 14.2. The second-order valence-electron chi connectivity index (χ2n) is 6.71. The van der Waals surface area contributed by atoms with Crippen molar-refractivity contribution in [2.75, 3.05) is 37.7 Å². The van der Waals surface area contributed by atoms with Crippen molar-refractivity contribution in [1.29, 1.82) is 0 Å². The van der Waals surface area contributed by atoms with E-state index < -0.39 is 19.9 Å². The molecule has 144 valence electrons. The van der Waals surface area contributed by atoms with Crippen LogP contribution in [0.4, 0.5) is 0 Å². The molecule has 0 radical (unpaired) electrons. The molecule has 0 bridgehead atoms. The van der Waals surface area contributed by atoms with E-state index in [1.54, 1.807) is 4.90 Å². The number of halogens is 1. The standard InChI is InChI=1S/C16H21ClN2O5S2/c17-14-1-3-15(4-2-14)26(23,24)19-8-6-18(7-9-19)16(20)11-13-5-10-25(21,22)12-13/h1-4,13H,5-12H2/t13-/m0/s1. The first kappa shape index (κ1) is 19.6. The van der Waals surface area contributed by atoms with E-state index in [1.165, 1.54) is 28.6 Å². The van der Waals surface area contributed by atoms with Crippen LogP contribution in [-0.2, 0) is 24.7 Å². The van der Waals surface area contributed by atoms with Gasteiger partial charge in [0, 0.05) is 37.6 Å². The summed E-state index contributed by atoms with van der Waals surface area (Å²) in [5, 5.41) is 0.466. The molecule has 0 unspecified atom stereocenters. The Morgan fingerprint density at radius 3 is 2.27 bits per heavy atom. The van der Waals surface area contributed by atoms with Gasteiger partial charge in [0.15, 0.2) is 9.84 Å². The number of rotatable bonds is 4. The smallest absolute Gasteiger partial charge is 0.243 e. The number of carbonyl (C=O) groups is 1. The highest BCUT2D eigenvalue weighted by atomic mass is 35.5. The highest BCUT2D eigenvalue weighted by molar-refractivity contribution is 7.91. The topological polar surface area (TPSA) is 91.8 Å². The lowest BCUT2D eigenvalue weighted by Gasteiger charge is -2.34. The van der Waals surface area contributed by atoms with E-state index >= 15 is 0 Å². The lowest BCUT2D eigenvalue weighted by Crippen LogP contribution is -2.50. The maximum absolute atomic E-state index is 12.6. The summed E-state index contributed by atoms with van der Waals surface area (Å²) in [6, 6.07) is 6.00. The molecule has 10 heteroatoms. The fraction of sp³-hybridized carbons (Fsp3) is 0.562. The Morgan fingerprint density at radius 1 is 1.12 bits per heavy atom. The van der Waals surface area contributed by atoms with Gasteiger partial charge in [-0.3, -0.25) is 4.79 Å². The van der Waals surface area contributed by atoms with Crippen LogP contribution < -0.4 is 0 Å². The summed E-state index contributed by atoms with van der Waals surface area (Å²) in [5.74, 6) is 0.000744. The molecule has 0 N–H and O–H groups in total. The molecule has 2 saturated heterocycles. The van der Waals surface area contributed by atoms with Crippen molar-refractivity contribution >= 4 is 37.4 Å². The number of nitrogens with zero attached hydrogens (tertiary/aromatic N) is 2. The highest BCUT2D eigenvalue weighted by Crippen LogP contribution is 2.24. The van der Waals surface area contributed by atoms with Crippen LogP contribution in [0.3, 0.4) is 0 Å². The predicted molar refractivity (Wildman–Crippen MR) is 98.2 cm³/mol. The third-order valence-electron chi connectivity index (χ3n) is 4.83. The fourth-order valence-electron chi connectivity index (χ4n) is 3.34. The average Bonchev–Trinajstić information content (AvgIpc) is 2.94. The van der Waals surface area contributed by atoms with Gasteiger partial charge in [0.1, 0.15) is 0 Å². The van der Waals surface area contributed by atoms with Gasteiger partial charge in [-0.15, -0.1) is 0 Å². The van der Waals surface area contributed by atoms with Crippen LogP contribution in [0, 0.1) is 5.92 Å². The SMILES string of the molecule is O=C(C[C@@H]1CCS(=O)(=O)C1)N1CCN(S(=O)(=O)c2ccc(Cl)cc2)CC1. The van der Waals surface area contributed by atoms with Crippen LogP contribution in [0.15, 0.2) is 29.2 Å². The van der Waals surface area contributed by atoms with Crippen LogP contribution in [0.5, 0.6) is 0 Å². The monoisotopic (exact) mass is 420 g/mol. The van der Waals surface area contributed by atoms with Gasteiger partial charge in [0.25, 0.3) is 0 Å². The molecule has 1 aromatic carbocycles. The van der Waals surface area contributed by atoms with E-state index in [9.17, 15) is 21.6 Å². The number of sulfone groups is 1. The minimum Gasteiger partial charge on any atom is -0.340 e. The van der Waals surface area contributed by atoms with Crippen molar-refractivity contribution in [2.24, 2.45) is 5.92 Å². The Bertz CT molecular complexity index is 876. The molecule has 2 aliphatic heterocycles. The average molecular weight is 421 g/mol. The van der Waals surface area contributed by atoms with E-state index in [0.29, 0.717) is 24.5 Å². The Balaban J connectivity index is 1.57. The second-order valence-corrected chi connectivity index (χ2v) is 11.3. The zero-order valence-corrected chi connectivity index (χ0v) is 16.6. The Kier molecular flexibility index (Phi) is 5.62. The number of sulfonamides is 1. The number of hydrogen-bond acceptors (Lipinski definition) is 5. The first-order chi connectivity index (χ1) is 12.2. The van der Waals surface area contributed by atoms with Crippen LogP contribution in [0.1, 0.15) is 12.8 Å². The molecule has 2 fully saturated rings. The Labute approximate surface area is 158 Å². The summed E-state index contributed by atoms with van der Waals surface area (Å²) in [6.45, 7) is 1.07. The quantitative estimate of drug-likeness (QED) is 0.724. The molecule has 3 rings (SSSR count). The van der Waals surface area contributed by atoms with Gasteiger partial charge in [0.2, 0.25) is 15.9 Å². The van der Waals surface area contributed by atoms with Crippen LogP contribution in [-0.4, -0.2) is 69.6 Å². The van der Waals surface area contributed by atoms with Crippen LogP contribution in [0.2, 0.25) is 5.02 Å². The number of hydrogen-bond donors (Lipinski definition) is 0. The van der Waals surface area contributed by atoms with Crippen molar-refractivity contribution in [2.45, 2.75) is 17.7 Å². The van der Waals surface area contributed by atoms with E-state index in [0.717, 1.165) is 0 Å². The largest absolute Gasteiger partial charge is 0.340 e. The molecule has 0 saturated carbocycles. The summed E-state index contributed by atoms with van der Waals surface area (Å²) in [4.78, 5) is 14.2. The minimum absolute atomic E-state index is 0.0731. The molecular formula is C16H21ClN2O5S2. The van der Waals surface area contributed by atoms with Gasteiger partial charge < -0.3 is 4.90 Å². The lowest BCUT2D eigenvalue weighted by molar-refractivity contribution is -0.133.